The third-order valence-corrected chi connectivity index (χ3v) is 2.49. The number of rotatable bonds is 5. The topological polar surface area (TPSA) is 68.3 Å². The number of amidine groups is 1. The van der Waals surface area contributed by atoms with Gasteiger partial charge in [0.2, 0.25) is 0 Å². The zero-order chi connectivity index (χ0) is 13.0. The minimum absolute atomic E-state index is 0.000535. The summed E-state index contributed by atoms with van der Waals surface area (Å²) in [5, 5.41) is 7.42. The molecule has 0 amide bonds. The monoisotopic (exact) mass is 236 g/mol. The number of nitrogen functional groups attached to an aromatic ring is 1. The van der Waals surface area contributed by atoms with Gasteiger partial charge in [0.05, 0.1) is 6.61 Å². The van der Waals surface area contributed by atoms with E-state index in [1.165, 1.54) is 0 Å². The highest BCUT2D eigenvalue weighted by Gasteiger charge is 2.11. The SMILES string of the molecule is COCC(C)Oc1c(C)cc(C(=N)N)cc1C. The van der Waals surface area contributed by atoms with Gasteiger partial charge in [-0.15, -0.1) is 0 Å². The molecule has 0 aliphatic carbocycles. The normalized spacial score (nSPS) is 12.2. The Bertz CT molecular complexity index is 393. The van der Waals surface area contributed by atoms with Gasteiger partial charge in [-0.1, -0.05) is 0 Å². The molecule has 0 aliphatic heterocycles. The molecule has 1 aromatic carbocycles. The average Bonchev–Trinajstić information content (AvgIpc) is 2.23. The number of nitrogens with one attached hydrogen (secondary N) is 1. The van der Waals surface area contributed by atoms with Gasteiger partial charge in [0.1, 0.15) is 17.7 Å². The first-order chi connectivity index (χ1) is 7.95. The van der Waals surface area contributed by atoms with Crippen LogP contribution in [0.3, 0.4) is 0 Å². The largest absolute Gasteiger partial charge is 0.488 e. The molecule has 17 heavy (non-hydrogen) atoms. The van der Waals surface area contributed by atoms with Gasteiger partial charge >= 0.3 is 0 Å². The zero-order valence-electron chi connectivity index (χ0n) is 10.8. The molecule has 0 fully saturated rings. The van der Waals surface area contributed by atoms with Gasteiger partial charge in [0, 0.05) is 12.7 Å². The Hall–Kier alpha value is -1.55. The summed E-state index contributed by atoms with van der Waals surface area (Å²) in [6, 6.07) is 3.73. The highest BCUT2D eigenvalue weighted by Crippen LogP contribution is 2.25. The summed E-state index contributed by atoms with van der Waals surface area (Å²) in [4.78, 5) is 0. The van der Waals surface area contributed by atoms with Crippen molar-refractivity contribution >= 4 is 5.84 Å². The lowest BCUT2D eigenvalue weighted by molar-refractivity contribution is 0.0911. The van der Waals surface area contributed by atoms with E-state index >= 15 is 0 Å². The van der Waals surface area contributed by atoms with Crippen LogP contribution in [0.2, 0.25) is 0 Å². The van der Waals surface area contributed by atoms with E-state index in [0.717, 1.165) is 22.4 Å². The van der Waals surface area contributed by atoms with Gasteiger partial charge in [-0.25, -0.2) is 0 Å². The summed E-state index contributed by atoms with van der Waals surface area (Å²) in [6.07, 6.45) is 0.000535. The fraction of sp³-hybridized carbons (Fsp3) is 0.462. The second-order valence-corrected chi connectivity index (χ2v) is 4.24. The first kappa shape index (κ1) is 13.5. The van der Waals surface area contributed by atoms with Gasteiger partial charge in [0.15, 0.2) is 0 Å². The van der Waals surface area contributed by atoms with Crippen LogP contribution in [0.4, 0.5) is 0 Å². The summed E-state index contributed by atoms with van der Waals surface area (Å²) in [7, 11) is 1.65. The van der Waals surface area contributed by atoms with E-state index in [1.807, 2.05) is 32.9 Å². The first-order valence-corrected chi connectivity index (χ1v) is 5.57. The molecule has 1 unspecified atom stereocenters. The molecule has 1 rings (SSSR count). The number of hydrogen-bond donors (Lipinski definition) is 2. The van der Waals surface area contributed by atoms with Crippen molar-refractivity contribution in [3.8, 4) is 5.75 Å². The van der Waals surface area contributed by atoms with Crippen molar-refractivity contribution < 1.29 is 9.47 Å². The van der Waals surface area contributed by atoms with E-state index in [9.17, 15) is 0 Å². The number of methoxy groups -OCH3 is 1. The van der Waals surface area contributed by atoms with Crippen LogP contribution in [0.5, 0.6) is 5.75 Å². The van der Waals surface area contributed by atoms with Crippen LogP contribution in [0.1, 0.15) is 23.6 Å². The number of hydrogen-bond acceptors (Lipinski definition) is 3. The lowest BCUT2D eigenvalue weighted by Crippen LogP contribution is -2.19. The molecule has 0 bridgehead atoms. The second kappa shape index (κ2) is 5.68. The maximum absolute atomic E-state index is 7.42. The smallest absolute Gasteiger partial charge is 0.125 e. The number of ether oxygens (including phenoxy) is 2. The minimum Gasteiger partial charge on any atom is -0.488 e. The fourth-order valence-electron chi connectivity index (χ4n) is 1.76. The van der Waals surface area contributed by atoms with Crippen molar-refractivity contribution in [3.05, 3.63) is 28.8 Å². The molecule has 1 atom stereocenters. The van der Waals surface area contributed by atoms with Crippen molar-refractivity contribution in [1.82, 2.24) is 0 Å². The van der Waals surface area contributed by atoms with Crippen LogP contribution in [0.25, 0.3) is 0 Å². The van der Waals surface area contributed by atoms with Crippen LogP contribution in [-0.2, 0) is 4.74 Å². The van der Waals surface area contributed by atoms with Gasteiger partial charge in [0.25, 0.3) is 0 Å². The van der Waals surface area contributed by atoms with Crippen molar-refractivity contribution in [3.63, 3.8) is 0 Å². The molecule has 4 nitrogen and oxygen atoms in total. The highest BCUT2D eigenvalue weighted by molar-refractivity contribution is 5.95. The predicted octanol–water partition coefficient (Wildman–Crippen LogP) is 2.00. The Morgan fingerprint density at radius 1 is 1.35 bits per heavy atom. The molecular formula is C13H20N2O2. The summed E-state index contributed by atoms with van der Waals surface area (Å²) in [5.74, 6) is 0.923. The van der Waals surface area contributed by atoms with E-state index in [4.69, 9.17) is 20.6 Å². The molecule has 1 aromatic rings. The molecule has 0 aliphatic rings. The summed E-state index contributed by atoms with van der Waals surface area (Å²) in [6.45, 7) is 6.41. The Kier molecular flexibility index (Phi) is 4.52. The molecule has 0 aromatic heterocycles. The fourth-order valence-corrected chi connectivity index (χ4v) is 1.76. The Balaban J connectivity index is 2.97. The number of aryl methyl sites for hydroxylation is 2. The molecule has 4 heteroatoms. The zero-order valence-corrected chi connectivity index (χ0v) is 10.8. The molecule has 94 valence electrons. The summed E-state index contributed by atoms with van der Waals surface area (Å²) >= 11 is 0. The van der Waals surface area contributed by atoms with Crippen LogP contribution >= 0.6 is 0 Å². The first-order valence-electron chi connectivity index (χ1n) is 5.57. The van der Waals surface area contributed by atoms with Crippen molar-refractivity contribution in [2.24, 2.45) is 5.73 Å². The van der Waals surface area contributed by atoms with Crippen LogP contribution in [0, 0.1) is 19.3 Å². The van der Waals surface area contributed by atoms with Gasteiger partial charge in [-0.3, -0.25) is 5.41 Å². The van der Waals surface area contributed by atoms with Crippen LogP contribution in [0.15, 0.2) is 12.1 Å². The van der Waals surface area contributed by atoms with Crippen LogP contribution in [-0.4, -0.2) is 25.7 Å². The Labute approximate surface area is 102 Å². The quantitative estimate of drug-likeness (QED) is 0.607. The predicted molar refractivity (Wildman–Crippen MR) is 68.9 cm³/mol. The second-order valence-electron chi connectivity index (χ2n) is 4.24. The maximum Gasteiger partial charge on any atom is 0.125 e. The van der Waals surface area contributed by atoms with Gasteiger partial charge in [-0.05, 0) is 44.0 Å². The molecule has 3 N–H and O–H groups in total. The molecular weight excluding hydrogens is 216 g/mol. The Morgan fingerprint density at radius 2 is 1.88 bits per heavy atom. The van der Waals surface area contributed by atoms with E-state index in [-0.39, 0.29) is 11.9 Å². The minimum atomic E-state index is 0.000535. The van der Waals surface area contributed by atoms with Crippen molar-refractivity contribution in [2.45, 2.75) is 26.9 Å². The molecule has 0 spiro atoms. The van der Waals surface area contributed by atoms with Crippen LogP contribution < -0.4 is 10.5 Å². The highest BCUT2D eigenvalue weighted by atomic mass is 16.5. The third-order valence-electron chi connectivity index (χ3n) is 2.49. The van der Waals surface area contributed by atoms with Crippen molar-refractivity contribution in [1.29, 1.82) is 5.41 Å². The average molecular weight is 236 g/mol. The number of benzene rings is 1. The van der Waals surface area contributed by atoms with E-state index in [2.05, 4.69) is 0 Å². The standard InChI is InChI=1S/C13H20N2O2/c1-8-5-11(13(14)15)6-9(2)12(8)17-10(3)7-16-4/h5-6,10H,7H2,1-4H3,(H3,14,15). The summed E-state index contributed by atoms with van der Waals surface area (Å²) < 4.78 is 10.9. The molecule has 0 heterocycles. The summed E-state index contributed by atoms with van der Waals surface area (Å²) in [5.41, 5.74) is 8.17. The molecule has 0 saturated heterocycles. The molecule has 0 saturated carbocycles. The van der Waals surface area contributed by atoms with E-state index in [0.29, 0.717) is 6.61 Å². The lowest BCUT2D eigenvalue weighted by atomic mass is 10.0. The number of nitrogens with two attached hydrogens (primary N) is 1. The Morgan fingerprint density at radius 3 is 2.29 bits per heavy atom. The van der Waals surface area contributed by atoms with E-state index in [1.54, 1.807) is 7.11 Å². The van der Waals surface area contributed by atoms with Gasteiger partial charge < -0.3 is 15.2 Å². The van der Waals surface area contributed by atoms with Gasteiger partial charge in [-0.2, -0.15) is 0 Å². The molecule has 0 radical (unpaired) electrons. The maximum atomic E-state index is 7.42. The lowest BCUT2D eigenvalue weighted by Gasteiger charge is -2.18. The van der Waals surface area contributed by atoms with Crippen molar-refractivity contribution in [2.75, 3.05) is 13.7 Å². The third kappa shape index (κ3) is 3.46. The van der Waals surface area contributed by atoms with E-state index < -0.39 is 0 Å².